The Hall–Kier alpha value is -4.89. The fourth-order valence-corrected chi connectivity index (χ4v) is 5.22. The van der Waals surface area contributed by atoms with Gasteiger partial charge in [0.15, 0.2) is 12.2 Å². The number of esters is 3. The predicted molar refractivity (Wildman–Crippen MR) is 197 cm³/mol. The fraction of sp³-hybridized carbons (Fsp3) is 0.575. The van der Waals surface area contributed by atoms with Gasteiger partial charge in [-0.2, -0.15) is 0 Å². The third-order valence-electron chi connectivity index (χ3n) is 7.95. The molecule has 0 aromatic heterocycles. The van der Waals surface area contributed by atoms with Crippen LogP contribution in [0.1, 0.15) is 86.3 Å². The van der Waals surface area contributed by atoms with Crippen molar-refractivity contribution >= 4 is 29.9 Å². The lowest BCUT2D eigenvalue weighted by molar-refractivity contribution is -0.274. The molecule has 0 saturated carbocycles. The lowest BCUT2D eigenvalue weighted by Crippen LogP contribution is -2.53. The quantitative estimate of drug-likeness (QED) is 0.0963. The Labute approximate surface area is 325 Å². The number of halogens is 4. The molecule has 56 heavy (non-hydrogen) atoms. The van der Waals surface area contributed by atoms with E-state index in [0.29, 0.717) is 5.56 Å². The maximum atomic E-state index is 15.1. The van der Waals surface area contributed by atoms with Crippen LogP contribution in [0, 0.1) is 5.41 Å². The maximum absolute atomic E-state index is 15.1. The van der Waals surface area contributed by atoms with Gasteiger partial charge in [0.1, 0.15) is 35.7 Å². The van der Waals surface area contributed by atoms with E-state index in [-0.39, 0.29) is 18.6 Å². The topological polar surface area (TPSA) is 138 Å². The first-order valence-corrected chi connectivity index (χ1v) is 17.9. The summed E-state index contributed by atoms with van der Waals surface area (Å²) < 4.78 is 79.4. The van der Waals surface area contributed by atoms with E-state index in [1.165, 1.54) is 47.0 Å². The summed E-state index contributed by atoms with van der Waals surface area (Å²) in [5.41, 5.74) is -2.70. The van der Waals surface area contributed by atoms with Gasteiger partial charge >= 0.3 is 30.4 Å². The van der Waals surface area contributed by atoms with E-state index in [1.807, 2.05) is 0 Å². The molecule has 0 aliphatic carbocycles. The molecule has 4 atom stereocenters. The number of nitrogens with zero attached hydrogens (tertiary/aromatic N) is 2. The van der Waals surface area contributed by atoms with E-state index in [2.05, 4.69) is 4.74 Å². The smallest absolute Gasteiger partial charge is 0.458 e. The molecule has 0 heterocycles. The molecule has 0 radical (unpaired) electrons. The SMILES string of the molecule is C[C@@H](OC(=O)[C@H](CC(C)(C)C)N(C)C(=O)[C@@H](Cc1ccc(OC(F)(F)F)cc1)OC(=O)[C@H](CC(C)(C)F)N(C)C(=O)OC(C)(C)C)C(=O)OCc1ccccc1. The number of benzene rings is 2. The van der Waals surface area contributed by atoms with Crippen LogP contribution in [-0.2, 0) is 51.2 Å². The van der Waals surface area contributed by atoms with Crippen LogP contribution in [0.3, 0.4) is 0 Å². The Morgan fingerprint density at radius 3 is 1.71 bits per heavy atom. The molecule has 0 fully saturated rings. The van der Waals surface area contributed by atoms with Crippen LogP contribution in [0.5, 0.6) is 5.75 Å². The van der Waals surface area contributed by atoms with Crippen LogP contribution in [0.25, 0.3) is 0 Å². The number of hydrogen-bond donors (Lipinski definition) is 0. The minimum atomic E-state index is -4.97. The Morgan fingerprint density at radius 2 is 1.21 bits per heavy atom. The summed E-state index contributed by atoms with van der Waals surface area (Å²) in [6.45, 7) is 13.7. The Bertz CT molecular complexity index is 1630. The zero-order valence-electron chi connectivity index (χ0n) is 33.8. The highest BCUT2D eigenvalue weighted by Crippen LogP contribution is 2.28. The summed E-state index contributed by atoms with van der Waals surface area (Å²) in [5, 5.41) is 0. The third-order valence-corrected chi connectivity index (χ3v) is 7.95. The molecule has 2 aromatic rings. The van der Waals surface area contributed by atoms with Gasteiger partial charge in [0.25, 0.3) is 5.91 Å². The summed E-state index contributed by atoms with van der Waals surface area (Å²) in [7, 11) is 2.46. The summed E-state index contributed by atoms with van der Waals surface area (Å²) >= 11 is 0. The molecular weight excluding hydrogens is 744 g/mol. The van der Waals surface area contributed by atoms with Crippen molar-refractivity contribution in [3.63, 3.8) is 0 Å². The largest absolute Gasteiger partial charge is 0.573 e. The van der Waals surface area contributed by atoms with Crippen molar-refractivity contribution in [3.8, 4) is 5.75 Å². The van der Waals surface area contributed by atoms with Gasteiger partial charge in [0.2, 0.25) is 0 Å². The van der Waals surface area contributed by atoms with Gasteiger partial charge < -0.3 is 28.6 Å². The number of amides is 2. The van der Waals surface area contributed by atoms with Crippen molar-refractivity contribution in [3.05, 3.63) is 65.7 Å². The summed E-state index contributed by atoms with van der Waals surface area (Å²) in [6, 6.07) is 10.3. The number of carbonyl (C=O) groups excluding carboxylic acids is 5. The van der Waals surface area contributed by atoms with Crippen molar-refractivity contribution in [1.82, 2.24) is 9.80 Å². The average Bonchev–Trinajstić information content (AvgIpc) is 3.06. The number of rotatable bonds is 16. The van der Waals surface area contributed by atoms with Crippen molar-refractivity contribution in [2.75, 3.05) is 14.1 Å². The van der Waals surface area contributed by atoms with Gasteiger partial charge in [-0.1, -0.05) is 63.2 Å². The molecule has 2 aromatic carbocycles. The molecule has 0 spiro atoms. The van der Waals surface area contributed by atoms with Gasteiger partial charge in [-0.05, 0) is 76.6 Å². The van der Waals surface area contributed by atoms with E-state index in [4.69, 9.17) is 18.9 Å². The fourth-order valence-electron chi connectivity index (χ4n) is 5.22. The Kier molecular flexibility index (Phi) is 16.3. The van der Waals surface area contributed by atoms with Gasteiger partial charge in [-0.15, -0.1) is 13.2 Å². The first-order chi connectivity index (χ1) is 25.5. The van der Waals surface area contributed by atoms with Crippen LogP contribution in [0.2, 0.25) is 0 Å². The summed E-state index contributed by atoms with van der Waals surface area (Å²) in [5.74, 6) is -4.51. The van der Waals surface area contributed by atoms with E-state index in [1.54, 1.807) is 71.9 Å². The highest BCUT2D eigenvalue weighted by atomic mass is 19.4. The molecule has 0 aliphatic heterocycles. The highest BCUT2D eigenvalue weighted by Gasteiger charge is 2.41. The molecule has 0 saturated heterocycles. The lowest BCUT2D eigenvalue weighted by atomic mass is 9.87. The van der Waals surface area contributed by atoms with Crippen molar-refractivity contribution < 1.29 is 65.2 Å². The minimum Gasteiger partial charge on any atom is -0.458 e. The van der Waals surface area contributed by atoms with Gasteiger partial charge in [0.05, 0.1) is 0 Å². The first kappa shape index (κ1) is 47.3. The van der Waals surface area contributed by atoms with E-state index in [0.717, 1.165) is 21.9 Å². The number of hydrogen-bond acceptors (Lipinski definition) is 10. The molecular formula is C40H54F4N2O10. The minimum absolute atomic E-state index is 0.00402. The van der Waals surface area contributed by atoms with Gasteiger partial charge in [-0.25, -0.2) is 23.6 Å². The molecule has 2 rings (SSSR count). The number of carbonyl (C=O) groups is 5. The lowest BCUT2D eigenvalue weighted by Gasteiger charge is -2.35. The summed E-state index contributed by atoms with van der Waals surface area (Å²) in [6.07, 6.45) is -10.1. The van der Waals surface area contributed by atoms with E-state index < -0.39 is 95.8 Å². The normalized spacial score (nSPS) is 14.3. The highest BCUT2D eigenvalue weighted by molar-refractivity contribution is 5.90. The van der Waals surface area contributed by atoms with Gasteiger partial charge in [-0.3, -0.25) is 9.69 Å². The molecule has 12 nitrogen and oxygen atoms in total. The molecule has 312 valence electrons. The second-order valence-electron chi connectivity index (χ2n) is 16.3. The standard InChI is InChI=1S/C40H54F4N2O10/c1-25(33(48)52-24-27-15-13-12-14-16-27)53-34(49)29(22-37(2,3)4)45(10)32(47)31(21-26-17-19-28(20-18-26)55-40(42,43)44)54-35(50)30(23-39(8,9)41)46(11)36(51)56-38(5,6)7/h12-20,25,29-31H,21-24H2,1-11H3/t25-,29+,30+,31-/m1/s1. The Morgan fingerprint density at radius 1 is 0.679 bits per heavy atom. The second-order valence-corrected chi connectivity index (χ2v) is 16.3. The van der Waals surface area contributed by atoms with Crippen LogP contribution < -0.4 is 4.74 Å². The number of ether oxygens (including phenoxy) is 5. The van der Waals surface area contributed by atoms with Gasteiger partial charge in [0, 0.05) is 26.9 Å². The zero-order chi connectivity index (χ0) is 42.8. The molecule has 0 aliphatic rings. The van der Waals surface area contributed by atoms with Crippen LogP contribution >= 0.6 is 0 Å². The number of likely N-dealkylation sites (N-methyl/N-ethyl adjacent to an activating group) is 2. The van der Waals surface area contributed by atoms with Crippen molar-refractivity contribution in [1.29, 1.82) is 0 Å². The molecule has 0 N–H and O–H groups in total. The van der Waals surface area contributed by atoms with E-state index in [9.17, 15) is 37.1 Å². The van der Waals surface area contributed by atoms with Crippen molar-refractivity contribution in [2.45, 2.75) is 130 Å². The molecule has 16 heteroatoms. The van der Waals surface area contributed by atoms with Crippen LogP contribution in [0.15, 0.2) is 54.6 Å². The van der Waals surface area contributed by atoms with Crippen molar-refractivity contribution in [2.24, 2.45) is 5.41 Å². The average molecular weight is 799 g/mol. The van der Waals surface area contributed by atoms with Crippen LogP contribution in [-0.4, -0.2) is 95.7 Å². The first-order valence-electron chi connectivity index (χ1n) is 17.9. The second kappa shape index (κ2) is 19.3. The zero-order valence-corrected chi connectivity index (χ0v) is 33.8. The molecule has 0 unspecified atom stereocenters. The monoisotopic (exact) mass is 798 g/mol. The third kappa shape index (κ3) is 16.9. The summed E-state index contributed by atoms with van der Waals surface area (Å²) in [4.78, 5) is 69.6. The molecule has 0 bridgehead atoms. The predicted octanol–water partition coefficient (Wildman–Crippen LogP) is 7.35. The Balaban J connectivity index is 2.49. The van der Waals surface area contributed by atoms with Crippen LogP contribution in [0.4, 0.5) is 22.4 Å². The number of alkyl halides is 4. The molecule has 2 amide bonds. The maximum Gasteiger partial charge on any atom is 0.573 e. The van der Waals surface area contributed by atoms with E-state index >= 15 is 4.39 Å².